The molecule has 4 N–H and O–H groups in total. The van der Waals surface area contributed by atoms with Crippen molar-refractivity contribution in [2.45, 2.75) is 51.5 Å². The molecule has 174 valence electrons. The summed E-state index contributed by atoms with van der Waals surface area (Å²) in [7, 11) is 0. The van der Waals surface area contributed by atoms with Gasteiger partial charge in [-0.3, -0.25) is 9.59 Å². The summed E-state index contributed by atoms with van der Waals surface area (Å²) in [6, 6.07) is 9.02. The number of benzene rings is 1. The van der Waals surface area contributed by atoms with Crippen LogP contribution in [0.2, 0.25) is 0 Å². The lowest BCUT2D eigenvalue weighted by Gasteiger charge is -2.18. The maximum absolute atomic E-state index is 12.2. The topological polar surface area (TPSA) is 106 Å². The molecule has 0 radical (unpaired) electrons. The Hall–Kier alpha value is -3.35. The van der Waals surface area contributed by atoms with Crippen molar-refractivity contribution in [2.75, 3.05) is 17.2 Å². The van der Waals surface area contributed by atoms with E-state index >= 15 is 0 Å². The first-order chi connectivity index (χ1) is 16.1. The van der Waals surface area contributed by atoms with Gasteiger partial charge < -0.3 is 21.1 Å². The van der Waals surface area contributed by atoms with Crippen molar-refractivity contribution in [2.24, 2.45) is 17.6 Å². The van der Waals surface area contributed by atoms with Gasteiger partial charge in [0, 0.05) is 19.2 Å². The van der Waals surface area contributed by atoms with E-state index in [4.69, 9.17) is 10.5 Å². The molecular formula is C26H32N4O3. The number of carbonyl (C=O) groups excluding carboxylic acids is 2. The van der Waals surface area contributed by atoms with E-state index < -0.39 is 5.91 Å². The molecule has 2 aliphatic rings. The molecule has 0 atom stereocenters. The van der Waals surface area contributed by atoms with Crippen LogP contribution in [0, 0.1) is 11.8 Å². The molecule has 1 heterocycles. The molecule has 2 amide bonds. The summed E-state index contributed by atoms with van der Waals surface area (Å²) in [6.07, 6.45) is 13.3. The van der Waals surface area contributed by atoms with Crippen LogP contribution in [-0.2, 0) is 11.3 Å². The Bertz CT molecular complexity index is 1010. The van der Waals surface area contributed by atoms with Crippen LogP contribution in [0.15, 0.2) is 48.7 Å². The Morgan fingerprint density at radius 2 is 1.97 bits per heavy atom. The minimum Gasteiger partial charge on any atom is -0.491 e. The summed E-state index contributed by atoms with van der Waals surface area (Å²) in [5.41, 5.74) is 7.51. The molecule has 2 aliphatic carbocycles. The van der Waals surface area contributed by atoms with Crippen molar-refractivity contribution < 1.29 is 14.3 Å². The highest BCUT2D eigenvalue weighted by atomic mass is 16.5. The highest BCUT2D eigenvalue weighted by molar-refractivity contribution is 6.00. The molecule has 1 aromatic carbocycles. The molecule has 1 aromatic heterocycles. The molecule has 33 heavy (non-hydrogen) atoms. The van der Waals surface area contributed by atoms with Gasteiger partial charge in [0.25, 0.3) is 5.91 Å². The number of ether oxygens (including phenoxy) is 1. The number of nitrogens with zero attached hydrogens (tertiary/aromatic N) is 1. The highest BCUT2D eigenvalue weighted by Crippen LogP contribution is 2.32. The minimum atomic E-state index is -0.509. The number of hydrogen-bond acceptors (Lipinski definition) is 5. The molecule has 0 saturated heterocycles. The average molecular weight is 449 g/mol. The number of allylic oxidation sites excluding steroid dienone is 1. The first kappa shape index (κ1) is 22.8. The largest absolute Gasteiger partial charge is 0.491 e. The van der Waals surface area contributed by atoms with E-state index in [2.05, 4.69) is 21.7 Å². The lowest BCUT2D eigenvalue weighted by molar-refractivity contribution is -0.115. The van der Waals surface area contributed by atoms with Crippen molar-refractivity contribution in [3.05, 3.63) is 59.8 Å². The van der Waals surface area contributed by atoms with Crippen molar-refractivity contribution in [1.82, 2.24) is 4.98 Å². The van der Waals surface area contributed by atoms with E-state index in [0.717, 1.165) is 5.56 Å². The SMILES string of the molecule is NC(=O)c1cccc(OCC2CCCC2)c1NCc1ccnc(NC(=O)CC=CC2CC2)c1. The summed E-state index contributed by atoms with van der Waals surface area (Å²) in [5, 5.41) is 6.15. The van der Waals surface area contributed by atoms with Crippen LogP contribution in [0.25, 0.3) is 0 Å². The van der Waals surface area contributed by atoms with Gasteiger partial charge in [-0.2, -0.15) is 0 Å². The highest BCUT2D eigenvalue weighted by Gasteiger charge is 2.19. The van der Waals surface area contributed by atoms with E-state index in [1.165, 1.54) is 38.5 Å². The van der Waals surface area contributed by atoms with Gasteiger partial charge >= 0.3 is 0 Å². The fraction of sp³-hybridized carbons (Fsp3) is 0.423. The zero-order valence-electron chi connectivity index (χ0n) is 18.9. The van der Waals surface area contributed by atoms with Crippen LogP contribution in [0.4, 0.5) is 11.5 Å². The summed E-state index contributed by atoms with van der Waals surface area (Å²) in [5.74, 6) is 1.74. The quantitative estimate of drug-likeness (QED) is 0.434. The van der Waals surface area contributed by atoms with Gasteiger partial charge in [0.1, 0.15) is 11.6 Å². The Labute approximate surface area is 194 Å². The summed E-state index contributed by atoms with van der Waals surface area (Å²) < 4.78 is 6.09. The Morgan fingerprint density at radius 3 is 2.73 bits per heavy atom. The molecule has 4 rings (SSSR count). The van der Waals surface area contributed by atoms with E-state index in [1.54, 1.807) is 18.3 Å². The van der Waals surface area contributed by atoms with Crippen molar-refractivity contribution >= 4 is 23.3 Å². The minimum absolute atomic E-state index is 0.0915. The number of primary amides is 1. The first-order valence-corrected chi connectivity index (χ1v) is 11.8. The maximum Gasteiger partial charge on any atom is 0.250 e. The molecule has 2 fully saturated rings. The molecule has 0 unspecified atom stereocenters. The number of anilines is 2. The predicted molar refractivity (Wildman–Crippen MR) is 129 cm³/mol. The zero-order chi connectivity index (χ0) is 23.0. The fourth-order valence-corrected chi connectivity index (χ4v) is 4.12. The number of aromatic nitrogens is 1. The van der Waals surface area contributed by atoms with Crippen molar-refractivity contribution in [1.29, 1.82) is 0 Å². The van der Waals surface area contributed by atoms with Crippen LogP contribution < -0.4 is 21.1 Å². The second-order valence-corrected chi connectivity index (χ2v) is 8.93. The summed E-state index contributed by atoms with van der Waals surface area (Å²) >= 11 is 0. The molecule has 0 spiro atoms. The van der Waals surface area contributed by atoms with Crippen LogP contribution in [0.3, 0.4) is 0 Å². The monoisotopic (exact) mass is 448 g/mol. The fourth-order valence-electron chi connectivity index (χ4n) is 4.12. The lowest BCUT2D eigenvalue weighted by Crippen LogP contribution is -2.17. The molecule has 2 saturated carbocycles. The number of hydrogen-bond donors (Lipinski definition) is 3. The van der Waals surface area contributed by atoms with E-state index in [0.29, 0.717) is 54.2 Å². The van der Waals surface area contributed by atoms with Gasteiger partial charge in [-0.15, -0.1) is 0 Å². The molecular weight excluding hydrogens is 416 g/mol. The number of rotatable bonds is 11. The summed E-state index contributed by atoms with van der Waals surface area (Å²) in [4.78, 5) is 28.4. The Kier molecular flexibility index (Phi) is 7.60. The number of nitrogens with two attached hydrogens (primary N) is 1. The number of carbonyl (C=O) groups is 2. The molecule has 7 nitrogen and oxygen atoms in total. The second-order valence-electron chi connectivity index (χ2n) is 8.93. The van der Waals surface area contributed by atoms with Crippen LogP contribution in [0.5, 0.6) is 5.75 Å². The van der Waals surface area contributed by atoms with Gasteiger partial charge in [-0.05, 0) is 67.3 Å². The Balaban J connectivity index is 1.39. The third-order valence-corrected chi connectivity index (χ3v) is 6.14. The van der Waals surface area contributed by atoms with Gasteiger partial charge in [-0.25, -0.2) is 4.98 Å². The molecule has 2 aromatic rings. The Morgan fingerprint density at radius 1 is 1.15 bits per heavy atom. The number of pyridine rings is 1. The first-order valence-electron chi connectivity index (χ1n) is 11.8. The van der Waals surface area contributed by atoms with E-state index in [-0.39, 0.29) is 5.91 Å². The van der Waals surface area contributed by atoms with Gasteiger partial charge in [0.15, 0.2) is 0 Å². The standard InChI is InChI=1S/C26H32N4O3/c27-26(32)21-8-4-9-22(33-17-19-5-1-2-6-19)25(21)29-16-20-13-14-28-23(15-20)30-24(31)10-3-7-18-11-12-18/h3-4,7-9,13-15,18-19,29H,1-2,5-6,10-12,16-17H2,(H2,27,32)(H,28,30,31). The van der Waals surface area contributed by atoms with Crippen molar-refractivity contribution in [3.63, 3.8) is 0 Å². The van der Waals surface area contributed by atoms with Gasteiger partial charge in [-0.1, -0.05) is 31.1 Å². The van der Waals surface area contributed by atoms with Crippen LogP contribution in [-0.4, -0.2) is 23.4 Å². The third-order valence-electron chi connectivity index (χ3n) is 6.14. The normalized spacial score (nSPS) is 16.1. The van der Waals surface area contributed by atoms with Gasteiger partial charge in [0.2, 0.25) is 5.91 Å². The van der Waals surface area contributed by atoms with E-state index in [1.807, 2.05) is 24.3 Å². The lowest BCUT2D eigenvalue weighted by atomic mass is 10.1. The number of nitrogens with one attached hydrogen (secondary N) is 2. The zero-order valence-corrected chi connectivity index (χ0v) is 18.9. The van der Waals surface area contributed by atoms with Crippen molar-refractivity contribution in [3.8, 4) is 5.75 Å². The third kappa shape index (κ3) is 6.81. The molecule has 7 heteroatoms. The maximum atomic E-state index is 12.2. The van der Waals surface area contributed by atoms with Crippen LogP contribution in [0.1, 0.15) is 60.9 Å². The smallest absolute Gasteiger partial charge is 0.250 e. The molecule has 0 bridgehead atoms. The van der Waals surface area contributed by atoms with Gasteiger partial charge in [0.05, 0.1) is 17.9 Å². The van der Waals surface area contributed by atoms with Crippen LogP contribution >= 0.6 is 0 Å². The number of para-hydroxylation sites is 1. The molecule has 0 aliphatic heterocycles. The summed E-state index contributed by atoms with van der Waals surface area (Å²) in [6.45, 7) is 1.06. The van der Waals surface area contributed by atoms with E-state index in [9.17, 15) is 9.59 Å². The predicted octanol–water partition coefficient (Wildman–Crippen LogP) is 4.66. The second kappa shape index (κ2) is 11.0. The number of amides is 2. The average Bonchev–Trinajstić information content (AvgIpc) is 3.48.